The number of aromatic nitrogens is 1. The number of hydrogen-bond donors (Lipinski definition) is 1. The molecule has 0 radical (unpaired) electrons. The molecule has 1 N–H and O–H groups in total. The monoisotopic (exact) mass is 181 g/mol. The number of rotatable bonds is 1. The standard InChI is InChI=1S/C9H11NO3/c11-6-10-8-3-4-13-5-7(8)1-2-9(10)12/h1-2,11H,3-6H2. The van der Waals surface area contributed by atoms with E-state index >= 15 is 0 Å². The van der Waals surface area contributed by atoms with Crippen molar-refractivity contribution in [1.82, 2.24) is 4.57 Å². The summed E-state index contributed by atoms with van der Waals surface area (Å²) in [6.07, 6.45) is 0.700. The molecule has 70 valence electrons. The minimum absolute atomic E-state index is 0.150. The van der Waals surface area contributed by atoms with E-state index in [2.05, 4.69) is 0 Å². The molecule has 4 heteroatoms. The molecule has 0 spiro atoms. The highest BCUT2D eigenvalue weighted by Crippen LogP contribution is 2.13. The SMILES string of the molecule is O=c1ccc2c(n1CO)CCOC2. The van der Waals surface area contributed by atoms with Crippen molar-refractivity contribution in [2.45, 2.75) is 19.8 Å². The van der Waals surface area contributed by atoms with Gasteiger partial charge in [-0.2, -0.15) is 0 Å². The van der Waals surface area contributed by atoms with Gasteiger partial charge in [-0.3, -0.25) is 9.36 Å². The topological polar surface area (TPSA) is 51.5 Å². The molecular weight excluding hydrogens is 170 g/mol. The first-order valence-electron chi connectivity index (χ1n) is 4.23. The molecule has 1 aromatic rings. The lowest BCUT2D eigenvalue weighted by Gasteiger charge is -2.19. The molecule has 0 atom stereocenters. The smallest absolute Gasteiger partial charge is 0.252 e. The van der Waals surface area contributed by atoms with Crippen LogP contribution in [-0.2, 0) is 24.5 Å². The van der Waals surface area contributed by atoms with Gasteiger partial charge in [-0.15, -0.1) is 0 Å². The van der Waals surface area contributed by atoms with Crippen molar-refractivity contribution in [3.05, 3.63) is 33.7 Å². The molecule has 1 aromatic heterocycles. The molecule has 0 aliphatic carbocycles. The van der Waals surface area contributed by atoms with Gasteiger partial charge in [0.25, 0.3) is 5.56 Å². The lowest BCUT2D eigenvalue weighted by molar-refractivity contribution is 0.103. The molecule has 1 aliphatic heterocycles. The third-order valence-electron chi connectivity index (χ3n) is 2.27. The number of hydrogen-bond acceptors (Lipinski definition) is 3. The van der Waals surface area contributed by atoms with E-state index in [1.54, 1.807) is 6.07 Å². The van der Waals surface area contributed by atoms with Crippen LogP contribution in [0.1, 0.15) is 11.3 Å². The van der Waals surface area contributed by atoms with E-state index in [1.165, 1.54) is 10.6 Å². The highest BCUT2D eigenvalue weighted by atomic mass is 16.5. The summed E-state index contributed by atoms with van der Waals surface area (Å²) in [5.41, 5.74) is 1.75. The summed E-state index contributed by atoms with van der Waals surface area (Å²) in [7, 11) is 0. The van der Waals surface area contributed by atoms with E-state index in [0.29, 0.717) is 19.6 Å². The molecule has 0 unspecified atom stereocenters. The van der Waals surface area contributed by atoms with Gasteiger partial charge >= 0.3 is 0 Å². The molecule has 0 saturated heterocycles. The number of ether oxygens (including phenoxy) is 1. The Morgan fingerprint density at radius 2 is 2.38 bits per heavy atom. The van der Waals surface area contributed by atoms with Crippen LogP contribution in [0.25, 0.3) is 0 Å². The van der Waals surface area contributed by atoms with Gasteiger partial charge in [-0.05, 0) is 11.6 Å². The molecule has 13 heavy (non-hydrogen) atoms. The molecule has 0 fully saturated rings. The van der Waals surface area contributed by atoms with E-state index < -0.39 is 0 Å². The van der Waals surface area contributed by atoms with Crippen LogP contribution < -0.4 is 5.56 Å². The minimum Gasteiger partial charge on any atom is -0.376 e. The van der Waals surface area contributed by atoms with E-state index in [1.807, 2.05) is 0 Å². The van der Waals surface area contributed by atoms with Crippen LogP contribution in [0.4, 0.5) is 0 Å². The maximum Gasteiger partial charge on any atom is 0.252 e. The molecule has 1 aliphatic rings. The number of nitrogens with zero attached hydrogens (tertiary/aromatic N) is 1. The highest BCUT2D eigenvalue weighted by Gasteiger charge is 2.13. The summed E-state index contributed by atoms with van der Waals surface area (Å²) in [5, 5.41) is 9.00. The Labute approximate surface area is 75.4 Å². The van der Waals surface area contributed by atoms with Crippen molar-refractivity contribution in [3.63, 3.8) is 0 Å². The Hall–Kier alpha value is -1.13. The zero-order valence-corrected chi connectivity index (χ0v) is 7.19. The Morgan fingerprint density at radius 3 is 3.15 bits per heavy atom. The Bertz CT molecular complexity index is 370. The summed E-state index contributed by atoms with van der Waals surface area (Å²) >= 11 is 0. The number of fused-ring (bicyclic) bond motifs is 1. The van der Waals surface area contributed by atoms with Gasteiger partial charge in [0.1, 0.15) is 6.73 Å². The van der Waals surface area contributed by atoms with Crippen LogP contribution in [0.5, 0.6) is 0 Å². The lowest BCUT2D eigenvalue weighted by atomic mass is 10.1. The second kappa shape index (κ2) is 3.32. The van der Waals surface area contributed by atoms with Gasteiger partial charge in [0, 0.05) is 18.2 Å². The zero-order chi connectivity index (χ0) is 9.26. The second-order valence-electron chi connectivity index (χ2n) is 3.02. The van der Waals surface area contributed by atoms with Crippen LogP contribution in [0.2, 0.25) is 0 Å². The lowest BCUT2D eigenvalue weighted by Crippen LogP contribution is -2.27. The fraction of sp³-hybridized carbons (Fsp3) is 0.444. The molecule has 4 nitrogen and oxygen atoms in total. The van der Waals surface area contributed by atoms with Gasteiger partial charge in [-0.1, -0.05) is 0 Å². The van der Waals surface area contributed by atoms with Crippen LogP contribution in [-0.4, -0.2) is 16.3 Å². The normalized spacial score (nSPS) is 15.5. The molecule has 0 bridgehead atoms. The number of aliphatic hydroxyl groups excluding tert-OH is 1. The van der Waals surface area contributed by atoms with Crippen LogP contribution >= 0.6 is 0 Å². The van der Waals surface area contributed by atoms with Crippen LogP contribution in [0.3, 0.4) is 0 Å². The quantitative estimate of drug-likeness (QED) is 0.656. The minimum atomic E-state index is -0.248. The fourth-order valence-electron chi connectivity index (χ4n) is 1.60. The Balaban J connectivity index is 2.59. The summed E-state index contributed by atoms with van der Waals surface area (Å²) in [6, 6.07) is 3.23. The first-order chi connectivity index (χ1) is 6.33. The van der Waals surface area contributed by atoms with Crippen molar-refractivity contribution in [3.8, 4) is 0 Å². The van der Waals surface area contributed by atoms with Crippen molar-refractivity contribution in [2.75, 3.05) is 6.61 Å². The predicted octanol–water partition coefficient (Wildman–Crippen LogP) is -0.129. The molecule has 0 aromatic carbocycles. The van der Waals surface area contributed by atoms with Gasteiger partial charge in [0.2, 0.25) is 0 Å². The maximum atomic E-state index is 11.3. The van der Waals surface area contributed by atoms with E-state index in [-0.39, 0.29) is 12.3 Å². The second-order valence-corrected chi connectivity index (χ2v) is 3.02. The summed E-state index contributed by atoms with van der Waals surface area (Å²) in [6.45, 7) is 0.911. The summed E-state index contributed by atoms with van der Waals surface area (Å²) < 4.78 is 6.63. The van der Waals surface area contributed by atoms with Crippen molar-refractivity contribution >= 4 is 0 Å². The third-order valence-corrected chi connectivity index (χ3v) is 2.27. The molecule has 2 rings (SSSR count). The largest absolute Gasteiger partial charge is 0.376 e. The highest BCUT2D eigenvalue weighted by molar-refractivity contribution is 5.22. The third kappa shape index (κ3) is 1.38. The van der Waals surface area contributed by atoms with E-state index in [9.17, 15) is 4.79 Å². The number of pyridine rings is 1. The summed E-state index contributed by atoms with van der Waals surface area (Å²) in [4.78, 5) is 11.3. The predicted molar refractivity (Wildman–Crippen MR) is 46.3 cm³/mol. The average molecular weight is 181 g/mol. The first kappa shape index (κ1) is 8.47. The first-order valence-corrected chi connectivity index (χ1v) is 4.23. The van der Waals surface area contributed by atoms with Gasteiger partial charge in [-0.25, -0.2) is 0 Å². The summed E-state index contributed by atoms with van der Waals surface area (Å²) in [5.74, 6) is 0. The molecular formula is C9H11NO3. The van der Waals surface area contributed by atoms with Crippen molar-refractivity contribution in [2.24, 2.45) is 0 Å². The van der Waals surface area contributed by atoms with Gasteiger partial charge in [0.15, 0.2) is 0 Å². The molecule has 0 saturated carbocycles. The van der Waals surface area contributed by atoms with E-state index in [4.69, 9.17) is 9.84 Å². The van der Waals surface area contributed by atoms with E-state index in [0.717, 1.165) is 11.3 Å². The number of aliphatic hydroxyl groups is 1. The maximum absolute atomic E-state index is 11.3. The average Bonchev–Trinajstić information content (AvgIpc) is 2.18. The zero-order valence-electron chi connectivity index (χ0n) is 7.19. The Morgan fingerprint density at radius 1 is 1.54 bits per heavy atom. The van der Waals surface area contributed by atoms with Gasteiger partial charge < -0.3 is 9.84 Å². The van der Waals surface area contributed by atoms with Crippen molar-refractivity contribution < 1.29 is 9.84 Å². The van der Waals surface area contributed by atoms with Crippen molar-refractivity contribution in [1.29, 1.82) is 0 Å². The van der Waals surface area contributed by atoms with Crippen LogP contribution in [0.15, 0.2) is 16.9 Å². The Kier molecular flexibility index (Phi) is 2.16. The van der Waals surface area contributed by atoms with Gasteiger partial charge in [0.05, 0.1) is 13.2 Å². The fourth-order valence-corrected chi connectivity index (χ4v) is 1.60. The molecule has 2 heterocycles. The van der Waals surface area contributed by atoms with Crippen LogP contribution in [0, 0.1) is 0 Å². The molecule has 0 amide bonds.